The first-order chi connectivity index (χ1) is 8.86. The van der Waals surface area contributed by atoms with Gasteiger partial charge >= 0.3 is 6.18 Å². The lowest BCUT2D eigenvalue weighted by Crippen LogP contribution is -2.42. The van der Waals surface area contributed by atoms with Crippen molar-refractivity contribution >= 4 is 5.91 Å². The summed E-state index contributed by atoms with van der Waals surface area (Å²) in [5.41, 5.74) is 5.10. The van der Waals surface area contributed by atoms with Gasteiger partial charge in [0.25, 0.3) is 5.91 Å². The third kappa shape index (κ3) is 3.47. The Kier molecular flexibility index (Phi) is 3.80. The van der Waals surface area contributed by atoms with Gasteiger partial charge in [-0.25, -0.2) is 0 Å². The Balaban J connectivity index is 1.89. The van der Waals surface area contributed by atoms with Crippen LogP contribution in [-0.4, -0.2) is 18.5 Å². The normalized spacial score (nSPS) is 22.7. The van der Waals surface area contributed by atoms with E-state index in [1.54, 1.807) is 0 Å². The molecule has 1 saturated carbocycles. The molecule has 1 aromatic rings. The van der Waals surface area contributed by atoms with Crippen molar-refractivity contribution in [3.05, 3.63) is 35.4 Å². The summed E-state index contributed by atoms with van der Waals surface area (Å²) in [4.78, 5) is 11.7. The highest BCUT2D eigenvalue weighted by Crippen LogP contribution is 2.29. The number of hydrogen-bond acceptors (Lipinski definition) is 2. The molecule has 0 unspecified atom stereocenters. The summed E-state index contributed by atoms with van der Waals surface area (Å²) in [6.45, 7) is 0.521. The fourth-order valence-electron chi connectivity index (χ4n) is 2.10. The first kappa shape index (κ1) is 13.9. The Morgan fingerprint density at radius 2 is 1.84 bits per heavy atom. The van der Waals surface area contributed by atoms with Crippen molar-refractivity contribution in [2.45, 2.75) is 25.1 Å². The van der Waals surface area contributed by atoms with Gasteiger partial charge in [0.1, 0.15) is 0 Å². The van der Waals surface area contributed by atoms with Gasteiger partial charge in [0.2, 0.25) is 0 Å². The first-order valence-electron chi connectivity index (χ1n) is 6.07. The fraction of sp³-hybridized carbons (Fsp3) is 0.462. The van der Waals surface area contributed by atoms with E-state index in [-0.39, 0.29) is 17.5 Å². The van der Waals surface area contributed by atoms with Crippen molar-refractivity contribution in [2.24, 2.45) is 11.7 Å². The third-order valence-corrected chi connectivity index (χ3v) is 3.30. The highest BCUT2D eigenvalue weighted by Gasteiger charge is 2.30. The number of benzene rings is 1. The maximum atomic E-state index is 12.4. The Morgan fingerprint density at radius 1 is 1.26 bits per heavy atom. The van der Waals surface area contributed by atoms with Crippen LogP contribution in [0, 0.1) is 5.92 Å². The van der Waals surface area contributed by atoms with Crippen LogP contribution in [0.15, 0.2) is 24.3 Å². The van der Waals surface area contributed by atoms with Crippen molar-refractivity contribution in [1.82, 2.24) is 5.32 Å². The zero-order valence-corrected chi connectivity index (χ0v) is 10.2. The number of alkyl halides is 3. The summed E-state index contributed by atoms with van der Waals surface area (Å²) in [6.07, 6.45) is -2.61. The number of amides is 1. The van der Waals surface area contributed by atoms with Crippen LogP contribution in [0.4, 0.5) is 13.2 Å². The quantitative estimate of drug-likeness (QED) is 0.886. The summed E-state index contributed by atoms with van der Waals surface area (Å²) >= 11 is 0. The van der Waals surface area contributed by atoms with E-state index < -0.39 is 11.7 Å². The highest BCUT2D eigenvalue weighted by molar-refractivity contribution is 5.94. The van der Waals surface area contributed by atoms with Crippen LogP contribution in [0.3, 0.4) is 0 Å². The minimum atomic E-state index is -4.38. The maximum Gasteiger partial charge on any atom is 0.416 e. The molecule has 6 heteroatoms. The van der Waals surface area contributed by atoms with Crippen LogP contribution < -0.4 is 11.1 Å². The van der Waals surface area contributed by atoms with E-state index in [1.165, 1.54) is 12.1 Å². The molecule has 2 rings (SSSR count). The van der Waals surface area contributed by atoms with Crippen molar-refractivity contribution in [3.63, 3.8) is 0 Å². The Bertz CT molecular complexity index is 450. The number of carbonyl (C=O) groups excluding carboxylic acids is 1. The Morgan fingerprint density at radius 3 is 2.32 bits per heavy atom. The van der Waals surface area contributed by atoms with Gasteiger partial charge in [-0.3, -0.25) is 4.79 Å². The van der Waals surface area contributed by atoms with Crippen LogP contribution in [0.1, 0.15) is 28.8 Å². The van der Waals surface area contributed by atoms with Crippen LogP contribution in [-0.2, 0) is 6.18 Å². The molecule has 1 amide bonds. The molecule has 1 aliphatic rings. The van der Waals surface area contributed by atoms with E-state index in [4.69, 9.17) is 5.73 Å². The highest BCUT2D eigenvalue weighted by atomic mass is 19.4. The molecule has 0 bridgehead atoms. The summed E-state index contributed by atoms with van der Waals surface area (Å²) in [6, 6.07) is 4.41. The third-order valence-electron chi connectivity index (χ3n) is 3.30. The second kappa shape index (κ2) is 5.21. The largest absolute Gasteiger partial charge is 0.416 e. The lowest BCUT2D eigenvalue weighted by atomic mass is 9.81. The van der Waals surface area contributed by atoms with Crippen LogP contribution in [0.2, 0.25) is 0 Å². The first-order valence-corrected chi connectivity index (χ1v) is 6.07. The van der Waals surface area contributed by atoms with E-state index in [2.05, 4.69) is 5.32 Å². The van der Waals surface area contributed by atoms with Gasteiger partial charge in [-0.2, -0.15) is 13.2 Å². The minimum Gasteiger partial charge on any atom is -0.352 e. The maximum absolute atomic E-state index is 12.4. The zero-order valence-electron chi connectivity index (χ0n) is 10.2. The molecule has 3 N–H and O–H groups in total. The summed E-state index contributed by atoms with van der Waals surface area (Å²) < 4.78 is 37.1. The predicted molar refractivity (Wildman–Crippen MR) is 64.5 cm³/mol. The molecule has 1 fully saturated rings. The molecule has 19 heavy (non-hydrogen) atoms. The van der Waals surface area contributed by atoms with Crippen molar-refractivity contribution in [3.8, 4) is 0 Å². The van der Waals surface area contributed by atoms with Crippen molar-refractivity contribution in [2.75, 3.05) is 6.54 Å². The molecule has 1 aliphatic carbocycles. The van der Waals surface area contributed by atoms with Gasteiger partial charge in [0, 0.05) is 18.2 Å². The minimum absolute atomic E-state index is 0.216. The Hall–Kier alpha value is -1.56. The SMILES string of the molecule is NC1CC(CNC(=O)c2ccc(C(F)(F)F)cc2)C1. The van der Waals surface area contributed by atoms with Gasteiger partial charge in [0.05, 0.1) is 5.56 Å². The monoisotopic (exact) mass is 272 g/mol. The molecule has 104 valence electrons. The fourth-order valence-corrected chi connectivity index (χ4v) is 2.10. The molecule has 3 nitrogen and oxygen atoms in total. The Labute approximate surface area is 109 Å². The molecular weight excluding hydrogens is 257 g/mol. The van der Waals surface area contributed by atoms with E-state index in [9.17, 15) is 18.0 Å². The molecule has 0 aromatic heterocycles. The molecule has 0 spiro atoms. The van der Waals surface area contributed by atoms with Crippen LogP contribution >= 0.6 is 0 Å². The number of halogens is 3. The summed E-state index contributed by atoms with van der Waals surface area (Å²) in [7, 11) is 0. The zero-order chi connectivity index (χ0) is 14.0. The van der Waals surface area contributed by atoms with E-state index in [0.29, 0.717) is 12.5 Å². The second-order valence-electron chi connectivity index (χ2n) is 4.88. The number of nitrogens with two attached hydrogens (primary N) is 1. The smallest absolute Gasteiger partial charge is 0.352 e. The van der Waals surface area contributed by atoms with Crippen LogP contribution in [0.5, 0.6) is 0 Å². The van der Waals surface area contributed by atoms with Crippen LogP contribution in [0.25, 0.3) is 0 Å². The number of rotatable bonds is 3. The standard InChI is InChI=1S/C13H15F3N2O/c14-13(15,16)10-3-1-9(2-4-10)12(19)18-7-8-5-11(17)6-8/h1-4,8,11H,5-7,17H2,(H,18,19). The van der Waals surface area contributed by atoms with Gasteiger partial charge in [-0.1, -0.05) is 0 Å². The lowest BCUT2D eigenvalue weighted by Gasteiger charge is -2.32. The number of hydrogen-bond donors (Lipinski definition) is 2. The topological polar surface area (TPSA) is 55.1 Å². The second-order valence-corrected chi connectivity index (χ2v) is 4.88. The average Bonchev–Trinajstić information content (AvgIpc) is 2.32. The molecular formula is C13H15F3N2O. The molecule has 0 radical (unpaired) electrons. The van der Waals surface area contributed by atoms with Gasteiger partial charge in [-0.05, 0) is 43.0 Å². The van der Waals surface area contributed by atoms with E-state index in [1.807, 2.05) is 0 Å². The molecule has 0 saturated heterocycles. The van der Waals surface area contributed by atoms with E-state index in [0.717, 1.165) is 25.0 Å². The van der Waals surface area contributed by atoms with Gasteiger partial charge in [0.15, 0.2) is 0 Å². The molecule has 0 aliphatic heterocycles. The number of nitrogens with one attached hydrogen (secondary N) is 1. The number of carbonyl (C=O) groups is 1. The summed E-state index contributed by atoms with van der Waals surface area (Å²) in [5.74, 6) is 0.0302. The van der Waals surface area contributed by atoms with Crippen molar-refractivity contribution < 1.29 is 18.0 Å². The predicted octanol–water partition coefficient (Wildman–Crippen LogP) is 2.17. The molecule has 1 aromatic carbocycles. The molecule has 0 atom stereocenters. The van der Waals surface area contributed by atoms with Gasteiger partial charge < -0.3 is 11.1 Å². The average molecular weight is 272 g/mol. The van der Waals surface area contributed by atoms with Gasteiger partial charge in [-0.15, -0.1) is 0 Å². The van der Waals surface area contributed by atoms with Crippen molar-refractivity contribution in [1.29, 1.82) is 0 Å². The molecule has 0 heterocycles. The van der Waals surface area contributed by atoms with E-state index >= 15 is 0 Å². The summed E-state index contributed by atoms with van der Waals surface area (Å²) in [5, 5.41) is 2.70. The lowest BCUT2D eigenvalue weighted by molar-refractivity contribution is -0.137.